The summed E-state index contributed by atoms with van der Waals surface area (Å²) in [6.07, 6.45) is 6.75. The zero-order valence-corrected chi connectivity index (χ0v) is 7.43. The van der Waals surface area contributed by atoms with Crippen molar-refractivity contribution < 1.29 is 0 Å². The molecule has 1 aliphatic rings. The highest BCUT2D eigenvalue weighted by Crippen LogP contribution is 2.31. The molecule has 0 saturated heterocycles. The highest BCUT2D eigenvalue weighted by Gasteiger charge is 2.20. The summed E-state index contributed by atoms with van der Waals surface area (Å²) in [6, 6.07) is 0. The lowest BCUT2D eigenvalue weighted by atomic mass is 9.78. The summed E-state index contributed by atoms with van der Waals surface area (Å²) in [5, 5.41) is 0. The fourth-order valence-corrected chi connectivity index (χ4v) is 1.73. The van der Waals surface area contributed by atoms with Crippen LogP contribution in [0.5, 0.6) is 0 Å². The molecule has 0 nitrogen and oxygen atoms in total. The summed E-state index contributed by atoms with van der Waals surface area (Å²) in [5.41, 5.74) is 0. The second kappa shape index (κ2) is 3.41. The standard InChI is InChI=1S/C10H19/c1-8(2)10-6-4-9(3)5-7-10/h6,8-10H,4-5,7H2,1-3H3. The Labute approximate surface area is 65.0 Å². The highest BCUT2D eigenvalue weighted by atomic mass is 14.3. The Morgan fingerprint density at radius 3 is 2.40 bits per heavy atom. The van der Waals surface area contributed by atoms with Gasteiger partial charge in [-0.25, -0.2) is 0 Å². The lowest BCUT2D eigenvalue weighted by Crippen LogP contribution is -2.17. The average Bonchev–Trinajstić information content (AvgIpc) is 1.88. The van der Waals surface area contributed by atoms with Gasteiger partial charge in [-0.2, -0.15) is 0 Å². The van der Waals surface area contributed by atoms with Crippen molar-refractivity contribution in [2.75, 3.05) is 0 Å². The lowest BCUT2D eigenvalue weighted by Gasteiger charge is -2.28. The lowest BCUT2D eigenvalue weighted by molar-refractivity contribution is 0.302. The topological polar surface area (TPSA) is 0 Å². The van der Waals surface area contributed by atoms with Crippen molar-refractivity contribution in [3.8, 4) is 0 Å². The third-order valence-electron chi connectivity index (χ3n) is 2.69. The molecule has 1 radical (unpaired) electrons. The predicted octanol–water partition coefficient (Wildman–Crippen LogP) is 3.28. The third-order valence-corrected chi connectivity index (χ3v) is 2.69. The number of hydrogen-bond donors (Lipinski definition) is 0. The minimum Gasteiger partial charge on any atom is -0.0625 e. The van der Waals surface area contributed by atoms with Crippen LogP contribution in [0.4, 0.5) is 0 Å². The van der Waals surface area contributed by atoms with E-state index in [1.807, 2.05) is 0 Å². The molecule has 0 spiro atoms. The maximum Gasteiger partial charge on any atom is -0.0350 e. The Balaban J connectivity index is 2.26. The minimum atomic E-state index is 0.868. The van der Waals surface area contributed by atoms with Crippen LogP contribution in [0.1, 0.15) is 40.0 Å². The third kappa shape index (κ3) is 2.00. The van der Waals surface area contributed by atoms with Gasteiger partial charge in [0.15, 0.2) is 0 Å². The van der Waals surface area contributed by atoms with Gasteiger partial charge in [0.25, 0.3) is 0 Å². The van der Waals surface area contributed by atoms with Crippen molar-refractivity contribution in [1.29, 1.82) is 0 Å². The molecule has 1 fully saturated rings. The van der Waals surface area contributed by atoms with E-state index in [2.05, 4.69) is 27.2 Å². The zero-order valence-electron chi connectivity index (χ0n) is 7.43. The van der Waals surface area contributed by atoms with Gasteiger partial charge < -0.3 is 0 Å². The first-order chi connectivity index (χ1) is 4.70. The molecular formula is C10H19. The maximum absolute atomic E-state index is 2.53. The number of rotatable bonds is 1. The maximum atomic E-state index is 2.53. The molecular weight excluding hydrogens is 120 g/mol. The zero-order chi connectivity index (χ0) is 7.56. The second-order valence-corrected chi connectivity index (χ2v) is 4.06. The van der Waals surface area contributed by atoms with Gasteiger partial charge in [0.1, 0.15) is 0 Å². The first-order valence-electron chi connectivity index (χ1n) is 4.53. The van der Waals surface area contributed by atoms with E-state index in [0.29, 0.717) is 0 Å². The van der Waals surface area contributed by atoms with Gasteiger partial charge in [-0.15, -0.1) is 0 Å². The van der Waals surface area contributed by atoms with E-state index < -0.39 is 0 Å². The molecule has 0 aromatic heterocycles. The largest absolute Gasteiger partial charge is 0.0625 e. The Morgan fingerprint density at radius 1 is 1.30 bits per heavy atom. The van der Waals surface area contributed by atoms with Gasteiger partial charge in [0, 0.05) is 0 Å². The van der Waals surface area contributed by atoms with Crippen molar-refractivity contribution in [1.82, 2.24) is 0 Å². The fraction of sp³-hybridized carbons (Fsp3) is 0.900. The molecule has 1 rings (SSSR count). The molecule has 0 bridgehead atoms. The molecule has 1 aliphatic carbocycles. The van der Waals surface area contributed by atoms with Crippen LogP contribution >= 0.6 is 0 Å². The molecule has 0 amide bonds. The predicted molar refractivity (Wildman–Crippen MR) is 45.6 cm³/mol. The van der Waals surface area contributed by atoms with Crippen molar-refractivity contribution >= 4 is 0 Å². The van der Waals surface area contributed by atoms with Crippen molar-refractivity contribution in [2.45, 2.75) is 40.0 Å². The molecule has 59 valence electrons. The molecule has 2 atom stereocenters. The molecule has 1 saturated carbocycles. The SMILES string of the molecule is CC1C[CH]C(C(C)C)CC1. The van der Waals surface area contributed by atoms with E-state index in [1.165, 1.54) is 19.3 Å². The van der Waals surface area contributed by atoms with Crippen LogP contribution in [0.15, 0.2) is 0 Å². The Hall–Kier alpha value is 0. The summed E-state index contributed by atoms with van der Waals surface area (Å²) in [6.45, 7) is 7.02. The summed E-state index contributed by atoms with van der Waals surface area (Å²) in [5.74, 6) is 2.73. The van der Waals surface area contributed by atoms with Crippen LogP contribution < -0.4 is 0 Å². The fourth-order valence-electron chi connectivity index (χ4n) is 1.73. The minimum absolute atomic E-state index is 0.868. The second-order valence-electron chi connectivity index (χ2n) is 4.06. The molecule has 2 unspecified atom stereocenters. The average molecular weight is 139 g/mol. The van der Waals surface area contributed by atoms with E-state index in [4.69, 9.17) is 0 Å². The first kappa shape index (κ1) is 8.10. The van der Waals surface area contributed by atoms with Crippen molar-refractivity contribution in [3.05, 3.63) is 6.42 Å². The molecule has 0 N–H and O–H groups in total. The van der Waals surface area contributed by atoms with Crippen LogP contribution in [0.3, 0.4) is 0 Å². The van der Waals surface area contributed by atoms with E-state index in [9.17, 15) is 0 Å². The van der Waals surface area contributed by atoms with E-state index in [1.54, 1.807) is 0 Å². The number of hydrogen-bond acceptors (Lipinski definition) is 0. The van der Waals surface area contributed by atoms with Gasteiger partial charge in [0.2, 0.25) is 0 Å². The van der Waals surface area contributed by atoms with Gasteiger partial charge in [-0.1, -0.05) is 27.2 Å². The van der Waals surface area contributed by atoms with Crippen molar-refractivity contribution in [2.24, 2.45) is 17.8 Å². The molecule has 0 aromatic rings. The highest BCUT2D eigenvalue weighted by molar-refractivity contribution is 4.85. The van der Waals surface area contributed by atoms with E-state index >= 15 is 0 Å². The van der Waals surface area contributed by atoms with Gasteiger partial charge in [0.05, 0.1) is 0 Å². The van der Waals surface area contributed by atoms with E-state index in [-0.39, 0.29) is 0 Å². The smallest absolute Gasteiger partial charge is 0.0350 e. The van der Waals surface area contributed by atoms with Crippen molar-refractivity contribution in [3.63, 3.8) is 0 Å². The summed E-state index contributed by atoms with van der Waals surface area (Å²) in [4.78, 5) is 0. The Morgan fingerprint density at radius 2 is 2.00 bits per heavy atom. The normalized spacial score (nSPS) is 34.8. The van der Waals surface area contributed by atoms with Gasteiger partial charge in [-0.3, -0.25) is 0 Å². The molecule has 0 heterocycles. The summed E-state index contributed by atoms with van der Waals surface area (Å²) in [7, 11) is 0. The van der Waals surface area contributed by atoms with Crippen LogP contribution in [-0.2, 0) is 0 Å². The summed E-state index contributed by atoms with van der Waals surface area (Å²) >= 11 is 0. The van der Waals surface area contributed by atoms with Gasteiger partial charge >= 0.3 is 0 Å². The van der Waals surface area contributed by atoms with E-state index in [0.717, 1.165) is 17.8 Å². The Kier molecular flexibility index (Phi) is 2.76. The monoisotopic (exact) mass is 139 g/mol. The summed E-state index contributed by atoms with van der Waals surface area (Å²) < 4.78 is 0. The van der Waals surface area contributed by atoms with Crippen LogP contribution in [0.2, 0.25) is 0 Å². The molecule has 0 aromatic carbocycles. The molecule has 10 heavy (non-hydrogen) atoms. The van der Waals surface area contributed by atoms with Crippen LogP contribution in [0, 0.1) is 24.2 Å². The molecule has 0 heteroatoms. The van der Waals surface area contributed by atoms with Crippen LogP contribution in [-0.4, -0.2) is 0 Å². The molecule has 0 aliphatic heterocycles. The first-order valence-corrected chi connectivity index (χ1v) is 4.53. The Bertz CT molecular complexity index is 86.2. The van der Waals surface area contributed by atoms with Crippen LogP contribution in [0.25, 0.3) is 0 Å². The van der Waals surface area contributed by atoms with Gasteiger partial charge in [-0.05, 0) is 37.0 Å². The quantitative estimate of drug-likeness (QED) is 0.523.